The second kappa shape index (κ2) is 11.9. The molecule has 0 aliphatic carbocycles. The van der Waals surface area contributed by atoms with E-state index in [0.717, 1.165) is 25.9 Å². The largest absolute Gasteiger partial charge is 0.344 e. The molecular formula is C19H36N4O4. The summed E-state index contributed by atoms with van der Waals surface area (Å²) in [5.41, 5.74) is 0. The van der Waals surface area contributed by atoms with Gasteiger partial charge in [0.25, 0.3) is 0 Å². The SMILES string of the molecule is CCCC[C@H](CN(O)C=O)C(=O)N[C@H](C(=O)N1CCNCC1)C(C)C(C)C. The van der Waals surface area contributed by atoms with Crippen molar-refractivity contribution in [2.75, 3.05) is 32.7 Å². The average Bonchev–Trinajstić information content (AvgIpc) is 2.68. The molecule has 27 heavy (non-hydrogen) atoms. The van der Waals surface area contributed by atoms with Crippen molar-refractivity contribution >= 4 is 18.2 Å². The van der Waals surface area contributed by atoms with Crippen LogP contribution in [0.4, 0.5) is 0 Å². The summed E-state index contributed by atoms with van der Waals surface area (Å²) in [6.45, 7) is 10.7. The van der Waals surface area contributed by atoms with Gasteiger partial charge < -0.3 is 15.5 Å². The highest BCUT2D eigenvalue weighted by molar-refractivity contribution is 5.89. The summed E-state index contributed by atoms with van der Waals surface area (Å²) in [4.78, 5) is 38.5. The van der Waals surface area contributed by atoms with Crippen molar-refractivity contribution in [1.29, 1.82) is 0 Å². The van der Waals surface area contributed by atoms with Gasteiger partial charge in [0.05, 0.1) is 12.5 Å². The molecule has 0 saturated carbocycles. The highest BCUT2D eigenvalue weighted by Crippen LogP contribution is 2.19. The molecule has 3 N–H and O–H groups in total. The Balaban J connectivity index is 2.90. The summed E-state index contributed by atoms with van der Waals surface area (Å²) in [6, 6.07) is -0.608. The number of amides is 3. The number of carbonyl (C=O) groups excluding carboxylic acids is 3. The van der Waals surface area contributed by atoms with Gasteiger partial charge in [-0.05, 0) is 18.3 Å². The Morgan fingerprint density at radius 1 is 1.26 bits per heavy atom. The van der Waals surface area contributed by atoms with E-state index in [1.54, 1.807) is 4.90 Å². The minimum atomic E-state index is -0.608. The van der Waals surface area contributed by atoms with Crippen molar-refractivity contribution in [3.05, 3.63) is 0 Å². The van der Waals surface area contributed by atoms with Crippen molar-refractivity contribution in [3.8, 4) is 0 Å². The van der Waals surface area contributed by atoms with Crippen LogP contribution in [0.2, 0.25) is 0 Å². The van der Waals surface area contributed by atoms with Gasteiger partial charge in [-0.3, -0.25) is 19.6 Å². The van der Waals surface area contributed by atoms with Gasteiger partial charge in [0.2, 0.25) is 18.2 Å². The average molecular weight is 385 g/mol. The van der Waals surface area contributed by atoms with E-state index in [2.05, 4.69) is 10.6 Å². The van der Waals surface area contributed by atoms with Crippen LogP contribution in [0.5, 0.6) is 0 Å². The van der Waals surface area contributed by atoms with Crippen LogP contribution in [0.15, 0.2) is 0 Å². The summed E-state index contributed by atoms with van der Waals surface area (Å²) in [5.74, 6) is -0.695. The Kier molecular flexibility index (Phi) is 10.3. The molecule has 0 aromatic heterocycles. The Hall–Kier alpha value is -1.67. The van der Waals surface area contributed by atoms with Gasteiger partial charge in [0, 0.05) is 26.2 Å². The Bertz CT molecular complexity index is 480. The maximum absolute atomic E-state index is 13.1. The van der Waals surface area contributed by atoms with Crippen LogP contribution in [0.3, 0.4) is 0 Å². The molecule has 0 aromatic carbocycles. The van der Waals surface area contributed by atoms with Gasteiger partial charge in [0.15, 0.2) is 0 Å². The fraction of sp³-hybridized carbons (Fsp3) is 0.842. The van der Waals surface area contributed by atoms with Gasteiger partial charge in [-0.15, -0.1) is 0 Å². The van der Waals surface area contributed by atoms with Crippen LogP contribution in [0.25, 0.3) is 0 Å². The third kappa shape index (κ3) is 7.46. The minimum absolute atomic E-state index is 0.0283. The smallest absolute Gasteiger partial charge is 0.245 e. The Morgan fingerprint density at radius 3 is 2.41 bits per heavy atom. The molecule has 1 fully saturated rings. The van der Waals surface area contributed by atoms with Crippen LogP contribution in [-0.2, 0) is 14.4 Å². The number of hydrogen-bond acceptors (Lipinski definition) is 5. The molecule has 1 aliphatic rings. The van der Waals surface area contributed by atoms with Crippen molar-refractivity contribution in [3.63, 3.8) is 0 Å². The highest BCUT2D eigenvalue weighted by atomic mass is 16.5. The molecule has 1 rings (SSSR count). The first-order valence-electron chi connectivity index (χ1n) is 10.0. The van der Waals surface area contributed by atoms with E-state index in [4.69, 9.17) is 0 Å². The molecular weight excluding hydrogens is 348 g/mol. The second-order valence-corrected chi connectivity index (χ2v) is 7.73. The molecule has 0 aromatic rings. The quantitative estimate of drug-likeness (QED) is 0.278. The van der Waals surface area contributed by atoms with E-state index in [1.165, 1.54) is 0 Å². The van der Waals surface area contributed by atoms with Gasteiger partial charge >= 0.3 is 0 Å². The summed E-state index contributed by atoms with van der Waals surface area (Å²) in [6.07, 6.45) is 2.56. The van der Waals surface area contributed by atoms with Gasteiger partial charge in [-0.2, -0.15) is 0 Å². The molecule has 0 radical (unpaired) electrons. The highest BCUT2D eigenvalue weighted by Gasteiger charge is 2.34. The van der Waals surface area contributed by atoms with E-state index in [-0.39, 0.29) is 30.2 Å². The van der Waals surface area contributed by atoms with Crippen molar-refractivity contribution < 1.29 is 19.6 Å². The number of rotatable bonds is 11. The molecule has 1 aliphatic heterocycles. The number of piperazine rings is 1. The summed E-state index contributed by atoms with van der Waals surface area (Å²) < 4.78 is 0. The fourth-order valence-corrected chi connectivity index (χ4v) is 3.18. The van der Waals surface area contributed by atoms with Crippen LogP contribution in [0, 0.1) is 17.8 Å². The first kappa shape index (κ1) is 23.4. The summed E-state index contributed by atoms with van der Waals surface area (Å²) in [5, 5.41) is 16.2. The Labute approximate surface area is 162 Å². The van der Waals surface area contributed by atoms with Crippen molar-refractivity contribution in [2.24, 2.45) is 17.8 Å². The molecule has 1 saturated heterocycles. The number of nitrogens with one attached hydrogen (secondary N) is 2. The summed E-state index contributed by atoms with van der Waals surface area (Å²) >= 11 is 0. The topological polar surface area (TPSA) is 102 Å². The lowest BCUT2D eigenvalue weighted by Gasteiger charge is -2.35. The lowest BCUT2D eigenvalue weighted by atomic mass is 9.88. The zero-order valence-corrected chi connectivity index (χ0v) is 17.1. The predicted octanol–water partition coefficient (Wildman–Crippen LogP) is 0.849. The monoisotopic (exact) mass is 384 g/mol. The summed E-state index contributed by atoms with van der Waals surface area (Å²) in [7, 11) is 0. The minimum Gasteiger partial charge on any atom is -0.344 e. The van der Waals surface area contributed by atoms with Crippen LogP contribution >= 0.6 is 0 Å². The van der Waals surface area contributed by atoms with E-state index < -0.39 is 12.0 Å². The molecule has 0 bridgehead atoms. The predicted molar refractivity (Wildman–Crippen MR) is 103 cm³/mol. The molecule has 8 nitrogen and oxygen atoms in total. The molecule has 3 amide bonds. The second-order valence-electron chi connectivity index (χ2n) is 7.73. The van der Waals surface area contributed by atoms with E-state index >= 15 is 0 Å². The Morgan fingerprint density at radius 2 is 1.89 bits per heavy atom. The van der Waals surface area contributed by atoms with Crippen LogP contribution in [-0.4, -0.2) is 72.2 Å². The third-order valence-electron chi connectivity index (χ3n) is 5.38. The van der Waals surface area contributed by atoms with Crippen molar-refractivity contribution in [1.82, 2.24) is 20.6 Å². The van der Waals surface area contributed by atoms with E-state index in [9.17, 15) is 19.6 Å². The first-order chi connectivity index (χ1) is 12.8. The molecule has 0 spiro atoms. The molecule has 156 valence electrons. The zero-order chi connectivity index (χ0) is 20.4. The van der Waals surface area contributed by atoms with Crippen LogP contribution in [0.1, 0.15) is 47.0 Å². The van der Waals surface area contributed by atoms with Crippen LogP contribution < -0.4 is 10.6 Å². The molecule has 8 heteroatoms. The number of carbonyl (C=O) groups is 3. The molecule has 1 unspecified atom stereocenters. The third-order valence-corrected chi connectivity index (χ3v) is 5.38. The maximum atomic E-state index is 13.1. The fourth-order valence-electron chi connectivity index (χ4n) is 3.18. The number of unbranched alkanes of at least 4 members (excludes halogenated alkanes) is 1. The maximum Gasteiger partial charge on any atom is 0.245 e. The van der Waals surface area contributed by atoms with Gasteiger partial charge in [0.1, 0.15) is 6.04 Å². The van der Waals surface area contributed by atoms with Crippen molar-refractivity contribution in [2.45, 2.75) is 53.0 Å². The standard InChI is InChI=1S/C19H36N4O4/c1-5-6-7-16(12-23(27)13-24)18(25)21-17(15(4)14(2)3)19(26)22-10-8-20-9-11-22/h13-17,20,27H,5-12H2,1-4H3,(H,21,25)/t15?,16-,17+/m1/s1. The molecule has 3 atom stereocenters. The normalized spacial score (nSPS) is 17.9. The van der Waals surface area contributed by atoms with Gasteiger partial charge in [-0.1, -0.05) is 40.5 Å². The van der Waals surface area contributed by atoms with E-state index in [1.807, 2.05) is 27.7 Å². The number of hydroxylamine groups is 2. The lowest BCUT2D eigenvalue weighted by Crippen LogP contribution is -2.57. The first-order valence-corrected chi connectivity index (χ1v) is 10.0. The lowest BCUT2D eigenvalue weighted by molar-refractivity contribution is -0.155. The molecule has 1 heterocycles. The zero-order valence-electron chi connectivity index (χ0n) is 17.1. The number of nitrogens with zero attached hydrogens (tertiary/aromatic N) is 2. The van der Waals surface area contributed by atoms with Gasteiger partial charge in [-0.25, -0.2) is 5.06 Å². The van der Waals surface area contributed by atoms with E-state index in [0.29, 0.717) is 31.0 Å². The number of hydrogen-bond donors (Lipinski definition) is 3.